The summed E-state index contributed by atoms with van der Waals surface area (Å²) in [5.74, 6) is -1.88. The summed E-state index contributed by atoms with van der Waals surface area (Å²) < 4.78 is 12.5. The monoisotopic (exact) mass is 456 g/mol. The molecule has 2 saturated carbocycles. The van der Waals surface area contributed by atoms with Crippen molar-refractivity contribution >= 4 is 11.8 Å². The van der Waals surface area contributed by atoms with Crippen LogP contribution in [0, 0.1) is 22.7 Å². The fourth-order valence-electron chi connectivity index (χ4n) is 7.35. The van der Waals surface area contributed by atoms with Crippen molar-refractivity contribution in [1.82, 2.24) is 0 Å². The van der Waals surface area contributed by atoms with Gasteiger partial charge in [0, 0.05) is 17.8 Å². The summed E-state index contributed by atoms with van der Waals surface area (Å²) >= 11 is 0. The fourth-order valence-corrected chi connectivity index (χ4v) is 7.35. The third-order valence-corrected chi connectivity index (χ3v) is 8.68. The Balaban J connectivity index is 1.87. The van der Waals surface area contributed by atoms with E-state index in [2.05, 4.69) is 6.58 Å². The Morgan fingerprint density at radius 2 is 1.79 bits per heavy atom. The van der Waals surface area contributed by atoms with Gasteiger partial charge in [0.25, 0.3) is 0 Å². The molecule has 2 aliphatic carbocycles. The second kappa shape index (κ2) is 7.76. The van der Waals surface area contributed by atoms with Crippen LogP contribution in [-0.4, -0.2) is 51.5 Å². The highest BCUT2D eigenvalue weighted by Gasteiger charge is 2.73. The number of aliphatic hydroxyl groups is 2. The Morgan fingerprint density at radius 1 is 1.15 bits per heavy atom. The first-order chi connectivity index (χ1) is 15.3. The largest absolute Gasteiger partial charge is 0.453 e. The fraction of sp³-hybridized carbons (Fsp3) is 0.630. The molecule has 0 spiro atoms. The molecule has 3 aliphatic rings. The Kier molecular flexibility index (Phi) is 5.67. The number of Topliss-reactive ketones (excluding diaryl/α,β-unsaturated/α-hetero) is 1. The van der Waals surface area contributed by atoms with E-state index in [1.807, 2.05) is 20.8 Å². The molecular weight excluding hydrogens is 420 g/mol. The number of carbonyl (C=O) groups excluding carboxylic acids is 2. The number of hydrogen-bond donors (Lipinski definition) is 2. The smallest absolute Gasteiger partial charge is 0.338 e. The molecule has 6 nitrogen and oxygen atoms in total. The molecule has 4 rings (SSSR count). The van der Waals surface area contributed by atoms with Crippen LogP contribution in [0.1, 0.15) is 64.2 Å². The summed E-state index contributed by atoms with van der Waals surface area (Å²) in [6, 6.07) is 8.59. The van der Waals surface area contributed by atoms with Gasteiger partial charge in [-0.25, -0.2) is 4.79 Å². The van der Waals surface area contributed by atoms with Crippen LogP contribution in [0.4, 0.5) is 0 Å². The standard InChI is InChI=1S/C27H36O6/c1-7-25(4)15-17(28)20-26(5)18(29)13-14-24(2,3)21(26)19(30)22(27(20,6)33-25)32-23(31)16-11-9-8-10-12-16/h7-12,18-22,29-30H,1,13-15H2,2-6H3/t18-,19-,20+,21-,22-,25-,26+,27-/m0/s1. The number of fused-ring (bicyclic) bond motifs is 3. The average Bonchev–Trinajstić information content (AvgIpc) is 2.73. The van der Waals surface area contributed by atoms with Crippen molar-refractivity contribution in [2.45, 2.75) is 83.4 Å². The molecule has 0 unspecified atom stereocenters. The summed E-state index contributed by atoms with van der Waals surface area (Å²) in [6.45, 7) is 13.3. The SMILES string of the molecule is C=C[C@@]1(C)CC(=O)[C@H]2[C@](C)(O1)[C@@H](OC(=O)c1ccccc1)[C@@H](O)[C@H]1C(C)(C)CC[C@H](O)[C@@]12C. The molecule has 1 saturated heterocycles. The molecule has 3 fully saturated rings. The summed E-state index contributed by atoms with van der Waals surface area (Å²) in [7, 11) is 0. The van der Waals surface area contributed by atoms with Gasteiger partial charge >= 0.3 is 5.97 Å². The van der Waals surface area contributed by atoms with Crippen molar-refractivity contribution in [1.29, 1.82) is 0 Å². The molecule has 1 aliphatic heterocycles. The predicted molar refractivity (Wildman–Crippen MR) is 123 cm³/mol. The second-order valence-corrected chi connectivity index (χ2v) is 11.4. The van der Waals surface area contributed by atoms with E-state index < -0.39 is 52.7 Å². The second-order valence-electron chi connectivity index (χ2n) is 11.4. The molecule has 2 N–H and O–H groups in total. The van der Waals surface area contributed by atoms with E-state index in [0.29, 0.717) is 18.4 Å². The number of ether oxygens (including phenoxy) is 2. The third-order valence-electron chi connectivity index (χ3n) is 8.68. The Hall–Kier alpha value is -2.02. The van der Waals surface area contributed by atoms with Gasteiger partial charge in [0.15, 0.2) is 6.10 Å². The van der Waals surface area contributed by atoms with Gasteiger partial charge in [0.1, 0.15) is 11.4 Å². The quantitative estimate of drug-likeness (QED) is 0.532. The van der Waals surface area contributed by atoms with Crippen LogP contribution in [0.3, 0.4) is 0 Å². The average molecular weight is 457 g/mol. The van der Waals surface area contributed by atoms with Crippen molar-refractivity contribution in [3.8, 4) is 0 Å². The maximum absolute atomic E-state index is 13.8. The Labute approximate surface area is 196 Å². The van der Waals surface area contributed by atoms with Crippen LogP contribution >= 0.6 is 0 Å². The summed E-state index contributed by atoms with van der Waals surface area (Å²) in [6.07, 6.45) is -0.101. The normalized spacial score (nSPS) is 44.3. The lowest BCUT2D eigenvalue weighted by Crippen LogP contribution is -2.77. The molecule has 33 heavy (non-hydrogen) atoms. The van der Waals surface area contributed by atoms with Crippen molar-refractivity contribution in [3.05, 3.63) is 48.6 Å². The van der Waals surface area contributed by atoms with Gasteiger partial charge in [-0.2, -0.15) is 0 Å². The molecular formula is C27H36O6. The van der Waals surface area contributed by atoms with Gasteiger partial charge < -0.3 is 19.7 Å². The molecule has 1 aromatic carbocycles. The first-order valence-corrected chi connectivity index (χ1v) is 11.8. The number of ketones is 1. The van der Waals surface area contributed by atoms with Crippen molar-refractivity contribution < 1.29 is 29.3 Å². The Morgan fingerprint density at radius 3 is 2.39 bits per heavy atom. The summed E-state index contributed by atoms with van der Waals surface area (Å²) in [4.78, 5) is 26.9. The summed E-state index contributed by atoms with van der Waals surface area (Å²) in [5, 5.41) is 23.1. The topological polar surface area (TPSA) is 93.1 Å². The maximum atomic E-state index is 13.8. The van der Waals surface area contributed by atoms with E-state index in [1.54, 1.807) is 50.3 Å². The first-order valence-electron chi connectivity index (χ1n) is 11.8. The minimum atomic E-state index is -1.35. The van der Waals surface area contributed by atoms with Crippen LogP contribution in [0.5, 0.6) is 0 Å². The van der Waals surface area contributed by atoms with Crippen LogP contribution in [-0.2, 0) is 14.3 Å². The molecule has 1 heterocycles. The summed E-state index contributed by atoms with van der Waals surface area (Å²) in [5.41, 5.74) is -3.29. The number of hydrogen-bond acceptors (Lipinski definition) is 6. The van der Waals surface area contributed by atoms with Gasteiger partial charge in [0.2, 0.25) is 0 Å². The van der Waals surface area contributed by atoms with Crippen LogP contribution in [0.2, 0.25) is 0 Å². The molecule has 0 amide bonds. The predicted octanol–water partition coefficient (Wildman–Crippen LogP) is 3.70. The van der Waals surface area contributed by atoms with E-state index in [4.69, 9.17) is 9.47 Å². The van der Waals surface area contributed by atoms with Gasteiger partial charge in [-0.3, -0.25) is 4.79 Å². The number of aliphatic hydroxyl groups excluding tert-OH is 2. The van der Waals surface area contributed by atoms with Crippen molar-refractivity contribution in [2.75, 3.05) is 0 Å². The van der Waals surface area contributed by atoms with Gasteiger partial charge in [-0.05, 0) is 44.2 Å². The highest BCUT2D eigenvalue weighted by molar-refractivity contribution is 5.90. The molecule has 8 atom stereocenters. The highest BCUT2D eigenvalue weighted by atomic mass is 16.6. The van der Waals surface area contributed by atoms with Crippen molar-refractivity contribution in [2.24, 2.45) is 22.7 Å². The molecule has 180 valence electrons. The molecule has 0 bridgehead atoms. The molecule has 0 radical (unpaired) electrons. The lowest BCUT2D eigenvalue weighted by Gasteiger charge is -2.68. The number of benzene rings is 1. The van der Waals surface area contributed by atoms with Crippen LogP contribution < -0.4 is 0 Å². The lowest BCUT2D eigenvalue weighted by molar-refractivity contribution is -0.318. The van der Waals surface area contributed by atoms with Crippen LogP contribution in [0.15, 0.2) is 43.0 Å². The van der Waals surface area contributed by atoms with Gasteiger partial charge in [-0.15, -0.1) is 6.58 Å². The molecule has 0 aromatic heterocycles. The van der Waals surface area contributed by atoms with Gasteiger partial charge in [0.05, 0.1) is 29.3 Å². The van der Waals surface area contributed by atoms with E-state index in [9.17, 15) is 19.8 Å². The van der Waals surface area contributed by atoms with E-state index in [0.717, 1.165) is 0 Å². The molecule has 1 aromatic rings. The zero-order valence-corrected chi connectivity index (χ0v) is 20.2. The van der Waals surface area contributed by atoms with Gasteiger partial charge in [-0.1, -0.05) is 45.0 Å². The minimum Gasteiger partial charge on any atom is -0.453 e. The number of esters is 1. The lowest BCUT2D eigenvalue weighted by atomic mass is 9.41. The maximum Gasteiger partial charge on any atom is 0.338 e. The third kappa shape index (κ3) is 3.49. The number of rotatable bonds is 3. The Bertz CT molecular complexity index is 957. The van der Waals surface area contributed by atoms with Crippen molar-refractivity contribution in [3.63, 3.8) is 0 Å². The molecule has 6 heteroatoms. The first kappa shape index (κ1) is 24.1. The van der Waals surface area contributed by atoms with E-state index in [1.165, 1.54) is 0 Å². The minimum absolute atomic E-state index is 0.0666. The zero-order valence-electron chi connectivity index (χ0n) is 20.2. The zero-order chi connectivity index (χ0) is 24.4. The van der Waals surface area contributed by atoms with Crippen LogP contribution in [0.25, 0.3) is 0 Å². The van der Waals surface area contributed by atoms with E-state index in [-0.39, 0.29) is 17.6 Å². The van der Waals surface area contributed by atoms with E-state index >= 15 is 0 Å². The number of carbonyl (C=O) groups is 2. The highest BCUT2D eigenvalue weighted by Crippen LogP contribution is 2.65.